The molecule has 7 heteroatoms. The van der Waals surface area contributed by atoms with E-state index >= 15 is 0 Å². The summed E-state index contributed by atoms with van der Waals surface area (Å²) in [5.41, 5.74) is 6.32. The lowest BCUT2D eigenvalue weighted by molar-refractivity contribution is 0.0365. The molecule has 1 rings (SSSR count). The molecule has 0 bridgehead atoms. The summed E-state index contributed by atoms with van der Waals surface area (Å²) < 4.78 is 24.5. The fourth-order valence-corrected chi connectivity index (χ4v) is 2.36. The highest BCUT2D eigenvalue weighted by Gasteiger charge is 2.14. The number of nitrogens with one attached hydrogen (secondary N) is 1. The topological polar surface area (TPSA) is 56.5 Å². The zero-order valence-corrected chi connectivity index (χ0v) is 13.1. The third kappa shape index (κ3) is 4.38. The summed E-state index contributed by atoms with van der Waals surface area (Å²) in [5.74, 6) is -0.433. The van der Waals surface area contributed by atoms with E-state index in [1.54, 1.807) is 26.4 Å². The van der Waals surface area contributed by atoms with Crippen LogP contribution in [0.25, 0.3) is 0 Å². The number of halogens is 2. The first-order valence-corrected chi connectivity index (χ1v) is 6.74. The number of rotatable bonds is 7. The lowest BCUT2D eigenvalue weighted by Crippen LogP contribution is -2.27. The normalized spacial score (nSPS) is 12.2. The Morgan fingerprint density at radius 3 is 2.74 bits per heavy atom. The highest BCUT2D eigenvalue weighted by Crippen LogP contribution is 2.27. The molecule has 0 aromatic heterocycles. The van der Waals surface area contributed by atoms with Crippen LogP contribution in [-0.2, 0) is 9.47 Å². The molecule has 0 aliphatic carbocycles. The van der Waals surface area contributed by atoms with Crippen LogP contribution in [0.1, 0.15) is 5.56 Å². The molecule has 4 nitrogen and oxygen atoms in total. The van der Waals surface area contributed by atoms with Gasteiger partial charge in [0.2, 0.25) is 0 Å². The molecule has 1 atom stereocenters. The number of ether oxygens (including phenoxy) is 2. The van der Waals surface area contributed by atoms with Crippen molar-refractivity contribution in [3.8, 4) is 0 Å². The molecule has 0 heterocycles. The number of anilines is 1. The van der Waals surface area contributed by atoms with E-state index in [0.29, 0.717) is 24.4 Å². The number of hydrogen-bond acceptors (Lipinski definition) is 4. The van der Waals surface area contributed by atoms with Crippen molar-refractivity contribution in [1.29, 1.82) is 0 Å². The average Bonchev–Trinajstić information content (AvgIpc) is 2.38. The van der Waals surface area contributed by atoms with E-state index in [0.717, 1.165) is 0 Å². The number of methoxy groups -OCH3 is 2. The van der Waals surface area contributed by atoms with Gasteiger partial charge in [0.25, 0.3) is 0 Å². The van der Waals surface area contributed by atoms with Crippen LogP contribution in [0.15, 0.2) is 16.6 Å². The fourth-order valence-electron chi connectivity index (χ4n) is 1.50. The minimum Gasteiger partial charge on any atom is -0.389 e. The van der Waals surface area contributed by atoms with Gasteiger partial charge in [-0.25, -0.2) is 4.39 Å². The molecule has 0 fully saturated rings. The van der Waals surface area contributed by atoms with Crippen molar-refractivity contribution in [1.82, 2.24) is 0 Å². The van der Waals surface area contributed by atoms with Crippen molar-refractivity contribution >= 4 is 38.8 Å². The monoisotopic (exact) mass is 350 g/mol. The van der Waals surface area contributed by atoms with E-state index < -0.39 is 5.82 Å². The van der Waals surface area contributed by atoms with Crippen molar-refractivity contribution in [2.24, 2.45) is 5.73 Å². The van der Waals surface area contributed by atoms with Crippen LogP contribution < -0.4 is 11.1 Å². The third-order valence-electron chi connectivity index (χ3n) is 2.55. The van der Waals surface area contributed by atoms with E-state index in [1.807, 2.05) is 0 Å². The van der Waals surface area contributed by atoms with Crippen LogP contribution in [0.5, 0.6) is 0 Å². The van der Waals surface area contributed by atoms with Crippen LogP contribution in [0.2, 0.25) is 0 Å². The SMILES string of the molecule is COCC(CNc1ccc(C(N)=S)c(Br)c1F)OC. The van der Waals surface area contributed by atoms with Gasteiger partial charge in [0.1, 0.15) is 4.99 Å². The quantitative estimate of drug-likeness (QED) is 0.739. The lowest BCUT2D eigenvalue weighted by atomic mass is 10.2. The Morgan fingerprint density at radius 2 is 2.21 bits per heavy atom. The molecule has 1 aromatic rings. The summed E-state index contributed by atoms with van der Waals surface area (Å²) >= 11 is 7.98. The summed E-state index contributed by atoms with van der Waals surface area (Å²) in [5, 5.41) is 2.96. The molecule has 1 unspecified atom stereocenters. The highest BCUT2D eigenvalue weighted by atomic mass is 79.9. The molecule has 0 saturated heterocycles. The summed E-state index contributed by atoms with van der Waals surface area (Å²) in [4.78, 5) is 0.145. The Labute approximate surface area is 125 Å². The first-order chi connectivity index (χ1) is 9.01. The molecule has 0 aliphatic heterocycles. The molecule has 0 amide bonds. The van der Waals surface area contributed by atoms with Gasteiger partial charge in [0, 0.05) is 26.3 Å². The van der Waals surface area contributed by atoms with E-state index in [1.165, 1.54) is 0 Å². The van der Waals surface area contributed by atoms with Gasteiger partial charge < -0.3 is 20.5 Å². The van der Waals surface area contributed by atoms with Crippen LogP contribution >= 0.6 is 28.1 Å². The first kappa shape index (κ1) is 16.3. The lowest BCUT2D eigenvalue weighted by Gasteiger charge is -2.17. The predicted molar refractivity (Wildman–Crippen MR) is 81.2 cm³/mol. The minimum absolute atomic E-state index is 0.145. The summed E-state index contributed by atoms with van der Waals surface area (Å²) in [6.45, 7) is 0.859. The molecule has 0 radical (unpaired) electrons. The molecule has 3 N–H and O–H groups in total. The van der Waals surface area contributed by atoms with E-state index in [4.69, 9.17) is 27.4 Å². The predicted octanol–water partition coefficient (Wildman–Crippen LogP) is 2.30. The Kier molecular flexibility index (Phi) is 6.64. The van der Waals surface area contributed by atoms with Crippen LogP contribution in [0.4, 0.5) is 10.1 Å². The smallest absolute Gasteiger partial charge is 0.161 e. The van der Waals surface area contributed by atoms with Crippen LogP contribution in [0.3, 0.4) is 0 Å². The molecular weight excluding hydrogens is 335 g/mol. The standard InChI is InChI=1S/C12H16BrFN2O2S/c1-17-6-7(18-2)5-16-9-4-3-8(12(15)19)10(13)11(9)14/h3-4,7,16H,5-6H2,1-2H3,(H2,15,19). The van der Waals surface area contributed by atoms with Crippen molar-refractivity contribution in [3.63, 3.8) is 0 Å². The fraction of sp³-hybridized carbons (Fsp3) is 0.417. The number of thiocarbonyl (C=S) groups is 1. The zero-order chi connectivity index (χ0) is 14.4. The Hall–Kier alpha value is -0.760. The van der Waals surface area contributed by atoms with Crippen molar-refractivity contribution in [2.45, 2.75) is 6.10 Å². The van der Waals surface area contributed by atoms with Gasteiger partial charge in [0.05, 0.1) is 22.9 Å². The van der Waals surface area contributed by atoms with E-state index in [-0.39, 0.29) is 15.6 Å². The molecular formula is C12H16BrFN2O2S. The molecule has 0 spiro atoms. The maximum Gasteiger partial charge on any atom is 0.161 e. The second-order valence-corrected chi connectivity index (χ2v) is 5.08. The largest absolute Gasteiger partial charge is 0.389 e. The number of benzene rings is 1. The number of hydrogen-bond donors (Lipinski definition) is 2. The Bertz CT molecular complexity index is 460. The minimum atomic E-state index is -0.433. The van der Waals surface area contributed by atoms with Crippen LogP contribution in [-0.4, -0.2) is 38.5 Å². The van der Waals surface area contributed by atoms with Crippen molar-refractivity contribution < 1.29 is 13.9 Å². The maximum atomic E-state index is 14.1. The zero-order valence-electron chi connectivity index (χ0n) is 10.7. The van der Waals surface area contributed by atoms with Gasteiger partial charge in [-0.05, 0) is 28.1 Å². The second-order valence-electron chi connectivity index (χ2n) is 3.85. The molecule has 106 valence electrons. The molecule has 1 aromatic carbocycles. The second kappa shape index (κ2) is 7.74. The molecule has 0 aliphatic rings. The summed E-state index contributed by atoms with van der Waals surface area (Å²) in [6, 6.07) is 3.25. The first-order valence-electron chi connectivity index (χ1n) is 5.54. The third-order valence-corrected chi connectivity index (χ3v) is 3.55. The van der Waals surface area contributed by atoms with Crippen LogP contribution in [0, 0.1) is 5.82 Å². The van der Waals surface area contributed by atoms with Gasteiger partial charge >= 0.3 is 0 Å². The Balaban J connectivity index is 2.80. The maximum absolute atomic E-state index is 14.1. The van der Waals surface area contributed by atoms with Crippen molar-refractivity contribution in [3.05, 3.63) is 28.0 Å². The number of nitrogens with two attached hydrogens (primary N) is 1. The average molecular weight is 351 g/mol. The van der Waals surface area contributed by atoms with Gasteiger partial charge in [0.15, 0.2) is 5.82 Å². The molecule has 0 saturated carbocycles. The highest BCUT2D eigenvalue weighted by molar-refractivity contribution is 9.10. The molecule has 19 heavy (non-hydrogen) atoms. The summed E-state index contributed by atoms with van der Waals surface area (Å²) in [6.07, 6.45) is -0.154. The van der Waals surface area contributed by atoms with Gasteiger partial charge in [-0.15, -0.1) is 0 Å². The van der Waals surface area contributed by atoms with E-state index in [2.05, 4.69) is 21.2 Å². The van der Waals surface area contributed by atoms with Gasteiger partial charge in [-0.1, -0.05) is 12.2 Å². The summed E-state index contributed by atoms with van der Waals surface area (Å²) in [7, 11) is 3.16. The van der Waals surface area contributed by atoms with Gasteiger partial charge in [-0.2, -0.15) is 0 Å². The van der Waals surface area contributed by atoms with E-state index in [9.17, 15) is 4.39 Å². The van der Waals surface area contributed by atoms with Gasteiger partial charge in [-0.3, -0.25) is 0 Å². The Morgan fingerprint density at radius 1 is 1.53 bits per heavy atom. The van der Waals surface area contributed by atoms with Crippen molar-refractivity contribution in [2.75, 3.05) is 32.7 Å².